The molecule has 1 saturated carbocycles. The van der Waals surface area contributed by atoms with Crippen molar-refractivity contribution >= 4 is 0 Å². The van der Waals surface area contributed by atoms with Gasteiger partial charge < -0.3 is 4.74 Å². The van der Waals surface area contributed by atoms with Crippen molar-refractivity contribution in [1.82, 2.24) is 0 Å². The maximum absolute atomic E-state index is 5.72. The molecule has 1 aliphatic carbocycles. The molecule has 0 unspecified atom stereocenters. The van der Waals surface area contributed by atoms with E-state index in [0.717, 1.165) is 25.0 Å². The minimum atomic E-state index is 0.757. The Kier molecular flexibility index (Phi) is 9.87. The number of hydrogen-bond donors (Lipinski definition) is 0. The van der Waals surface area contributed by atoms with Gasteiger partial charge in [0.2, 0.25) is 0 Å². The highest BCUT2D eigenvalue weighted by Gasteiger charge is 2.33. The molecule has 0 amide bonds. The Balaban J connectivity index is 1.29. The monoisotopic (exact) mass is 328 g/mol. The van der Waals surface area contributed by atoms with Crippen LogP contribution in [0.25, 0.3) is 0 Å². The van der Waals surface area contributed by atoms with Crippen LogP contribution >= 0.6 is 0 Å². The minimum absolute atomic E-state index is 0.757. The van der Waals surface area contributed by atoms with E-state index in [9.17, 15) is 0 Å². The quantitative estimate of drug-likeness (QED) is 0.266. The lowest BCUT2D eigenvalue weighted by molar-refractivity contribution is 0.116. The van der Waals surface area contributed by atoms with Gasteiger partial charge in [0.25, 0.3) is 0 Å². The van der Waals surface area contributed by atoms with Crippen LogP contribution in [0, 0.1) is 11.8 Å². The molecular weight excluding hydrogens is 292 g/mol. The summed E-state index contributed by atoms with van der Waals surface area (Å²) < 4.78 is 5.72. The zero-order valence-corrected chi connectivity index (χ0v) is 15.6. The van der Waals surface area contributed by atoms with Crippen LogP contribution < -0.4 is 0 Å². The molecule has 0 radical (unpaired) electrons. The van der Waals surface area contributed by atoms with Gasteiger partial charge in [0.15, 0.2) is 0 Å². The molecule has 2 atom stereocenters. The lowest BCUT2D eigenvalue weighted by atomic mass is 10.1. The molecule has 0 bridgehead atoms. The van der Waals surface area contributed by atoms with E-state index in [2.05, 4.69) is 43.3 Å². The fourth-order valence-corrected chi connectivity index (χ4v) is 3.43. The van der Waals surface area contributed by atoms with Crippen molar-refractivity contribution in [3.63, 3.8) is 0 Å². The van der Waals surface area contributed by atoms with Crippen molar-refractivity contribution in [3.05, 3.63) is 48.0 Å². The summed E-state index contributed by atoms with van der Waals surface area (Å²) in [7, 11) is 0. The first kappa shape index (κ1) is 19.2. The Morgan fingerprint density at radius 3 is 2.42 bits per heavy atom. The Labute approximate surface area is 149 Å². The first-order chi connectivity index (χ1) is 11.9. The lowest BCUT2D eigenvalue weighted by Crippen LogP contribution is -1.95. The normalized spacial score (nSPS) is 19.9. The third-order valence-corrected chi connectivity index (χ3v) is 5.22. The van der Waals surface area contributed by atoms with Gasteiger partial charge >= 0.3 is 0 Å². The third-order valence-electron chi connectivity index (χ3n) is 5.22. The van der Waals surface area contributed by atoms with Gasteiger partial charge in [-0.1, -0.05) is 81.5 Å². The van der Waals surface area contributed by atoms with Gasteiger partial charge in [-0.25, -0.2) is 0 Å². The molecule has 1 aromatic rings. The molecule has 0 spiro atoms. The Morgan fingerprint density at radius 2 is 1.67 bits per heavy atom. The Bertz CT molecular complexity index is 437. The van der Waals surface area contributed by atoms with E-state index in [1.807, 2.05) is 6.07 Å². The second kappa shape index (κ2) is 12.3. The van der Waals surface area contributed by atoms with Gasteiger partial charge in [-0.05, 0) is 49.5 Å². The lowest BCUT2D eigenvalue weighted by Gasteiger charge is -2.04. The van der Waals surface area contributed by atoms with Crippen LogP contribution in [0.5, 0.6) is 0 Å². The molecule has 0 N–H and O–H groups in total. The fraction of sp³-hybridized carbons (Fsp3) is 0.652. The summed E-state index contributed by atoms with van der Waals surface area (Å²) in [5.74, 6) is 2.07. The molecule has 24 heavy (non-hydrogen) atoms. The van der Waals surface area contributed by atoms with Crippen LogP contribution in [0.3, 0.4) is 0 Å². The predicted molar refractivity (Wildman–Crippen MR) is 104 cm³/mol. The standard InChI is InChI=1S/C23H36O/c1-2-22-19-23(22)17-13-8-6-4-3-5-7-9-14-18-24-20-21-15-11-10-12-16-21/h8,10-13,15-16,22-23H,2-7,9,14,17-20H2,1H3/b13-8-/t22-,23+/m0/s1. The maximum atomic E-state index is 5.72. The first-order valence-electron chi connectivity index (χ1n) is 10.2. The van der Waals surface area contributed by atoms with Crippen LogP contribution in [-0.4, -0.2) is 6.61 Å². The number of benzene rings is 1. The van der Waals surface area contributed by atoms with Crippen LogP contribution in [-0.2, 0) is 11.3 Å². The number of ether oxygens (including phenoxy) is 1. The van der Waals surface area contributed by atoms with E-state index in [1.54, 1.807) is 0 Å². The second-order valence-electron chi connectivity index (χ2n) is 7.32. The van der Waals surface area contributed by atoms with Crippen LogP contribution in [0.1, 0.15) is 76.7 Å². The Morgan fingerprint density at radius 1 is 0.917 bits per heavy atom. The highest BCUT2D eigenvalue weighted by atomic mass is 16.5. The van der Waals surface area contributed by atoms with E-state index in [-0.39, 0.29) is 0 Å². The van der Waals surface area contributed by atoms with Crippen molar-refractivity contribution in [1.29, 1.82) is 0 Å². The molecule has 1 nitrogen and oxygen atoms in total. The SMILES string of the molecule is CC[C@H]1C[C@H]1C/C=C\CCCCCCCCOCc1ccccc1. The van der Waals surface area contributed by atoms with E-state index >= 15 is 0 Å². The van der Waals surface area contributed by atoms with E-state index in [1.165, 1.54) is 69.8 Å². The van der Waals surface area contributed by atoms with Gasteiger partial charge in [-0.2, -0.15) is 0 Å². The first-order valence-corrected chi connectivity index (χ1v) is 10.2. The Hall–Kier alpha value is -1.08. The molecule has 0 heterocycles. The van der Waals surface area contributed by atoms with Crippen LogP contribution in [0.2, 0.25) is 0 Å². The summed E-state index contributed by atoms with van der Waals surface area (Å²) >= 11 is 0. The second-order valence-corrected chi connectivity index (χ2v) is 7.32. The molecule has 1 heteroatoms. The molecule has 0 aromatic heterocycles. The topological polar surface area (TPSA) is 9.23 Å². The number of allylic oxidation sites excluding steroid dienone is 2. The number of hydrogen-bond acceptors (Lipinski definition) is 1. The minimum Gasteiger partial charge on any atom is -0.377 e. The molecule has 0 aliphatic heterocycles. The zero-order valence-electron chi connectivity index (χ0n) is 15.6. The smallest absolute Gasteiger partial charge is 0.0716 e. The molecule has 1 aliphatic rings. The molecule has 134 valence electrons. The molecule has 1 fully saturated rings. The summed E-state index contributed by atoms with van der Waals surface area (Å²) in [6.07, 6.45) is 18.3. The van der Waals surface area contributed by atoms with E-state index in [0.29, 0.717) is 0 Å². The summed E-state index contributed by atoms with van der Waals surface area (Å²) in [4.78, 5) is 0. The maximum Gasteiger partial charge on any atom is 0.0716 e. The van der Waals surface area contributed by atoms with Crippen LogP contribution in [0.4, 0.5) is 0 Å². The van der Waals surface area contributed by atoms with Gasteiger partial charge in [0.05, 0.1) is 6.61 Å². The van der Waals surface area contributed by atoms with Crippen molar-refractivity contribution in [2.75, 3.05) is 6.61 Å². The van der Waals surface area contributed by atoms with Crippen molar-refractivity contribution in [2.24, 2.45) is 11.8 Å². The third kappa shape index (κ3) is 8.68. The zero-order chi connectivity index (χ0) is 16.9. The highest BCUT2D eigenvalue weighted by Crippen LogP contribution is 2.43. The van der Waals surface area contributed by atoms with Gasteiger partial charge in [-0.15, -0.1) is 0 Å². The fourth-order valence-electron chi connectivity index (χ4n) is 3.43. The average Bonchev–Trinajstić information content (AvgIpc) is 3.38. The molecule has 0 saturated heterocycles. The summed E-state index contributed by atoms with van der Waals surface area (Å²) in [5.41, 5.74) is 1.28. The number of unbranched alkanes of at least 4 members (excludes halogenated alkanes) is 6. The predicted octanol–water partition coefficient (Wildman–Crippen LogP) is 6.93. The van der Waals surface area contributed by atoms with Gasteiger partial charge in [0.1, 0.15) is 0 Å². The number of rotatable bonds is 14. The van der Waals surface area contributed by atoms with Crippen LogP contribution in [0.15, 0.2) is 42.5 Å². The summed E-state index contributed by atoms with van der Waals surface area (Å²) in [6.45, 7) is 3.98. The largest absolute Gasteiger partial charge is 0.377 e. The van der Waals surface area contributed by atoms with Crippen molar-refractivity contribution in [3.8, 4) is 0 Å². The molecular formula is C23H36O. The molecule has 2 rings (SSSR count). The summed E-state index contributed by atoms with van der Waals surface area (Å²) in [6, 6.07) is 10.4. The van der Waals surface area contributed by atoms with Crippen molar-refractivity contribution in [2.45, 2.75) is 77.7 Å². The van der Waals surface area contributed by atoms with Gasteiger partial charge in [-0.3, -0.25) is 0 Å². The van der Waals surface area contributed by atoms with E-state index in [4.69, 9.17) is 4.74 Å². The van der Waals surface area contributed by atoms with E-state index < -0.39 is 0 Å². The van der Waals surface area contributed by atoms with Gasteiger partial charge in [0, 0.05) is 6.61 Å². The summed E-state index contributed by atoms with van der Waals surface area (Å²) in [5, 5.41) is 0. The highest BCUT2D eigenvalue weighted by molar-refractivity contribution is 5.13. The molecule has 1 aromatic carbocycles. The van der Waals surface area contributed by atoms with Crippen molar-refractivity contribution < 1.29 is 4.74 Å². The average molecular weight is 329 g/mol.